The number of likely N-dealkylation sites (tertiary alicyclic amines) is 1. The molecule has 118 valence electrons. The molecule has 1 amide bonds. The lowest BCUT2D eigenvalue weighted by atomic mass is 9.82. The maximum atomic E-state index is 12.5. The van der Waals surface area contributed by atoms with Gasteiger partial charge in [0.2, 0.25) is 5.91 Å². The number of nitrogens with zero attached hydrogens (tertiary/aromatic N) is 2. The average molecular weight is 293 g/mol. The Balaban J connectivity index is 1.94. The highest BCUT2D eigenvalue weighted by molar-refractivity contribution is 5.82. The molecule has 3 unspecified atom stereocenters. The summed E-state index contributed by atoms with van der Waals surface area (Å²) >= 11 is 0. The van der Waals surface area contributed by atoms with Crippen molar-refractivity contribution in [1.29, 1.82) is 5.26 Å². The van der Waals surface area contributed by atoms with Crippen LogP contribution in [-0.2, 0) is 4.79 Å². The summed E-state index contributed by atoms with van der Waals surface area (Å²) in [6, 6.07) is 2.03. The summed E-state index contributed by atoms with van der Waals surface area (Å²) in [6.45, 7) is 5.27. The molecule has 0 spiro atoms. The van der Waals surface area contributed by atoms with Crippen LogP contribution in [0.25, 0.3) is 0 Å². The van der Waals surface area contributed by atoms with Gasteiger partial charge in [-0.3, -0.25) is 9.69 Å². The summed E-state index contributed by atoms with van der Waals surface area (Å²) in [5.41, 5.74) is -0.675. The lowest BCUT2D eigenvalue weighted by Gasteiger charge is -2.39. The minimum atomic E-state index is -0.675. The van der Waals surface area contributed by atoms with Crippen LogP contribution in [-0.4, -0.2) is 46.7 Å². The number of aliphatic hydroxyl groups excluding tert-OH is 1. The van der Waals surface area contributed by atoms with Crippen molar-refractivity contribution >= 4 is 5.91 Å². The van der Waals surface area contributed by atoms with E-state index >= 15 is 0 Å². The monoisotopic (exact) mass is 293 g/mol. The second kappa shape index (κ2) is 6.76. The largest absolute Gasteiger partial charge is 0.392 e. The molecule has 3 atom stereocenters. The van der Waals surface area contributed by atoms with Gasteiger partial charge >= 0.3 is 0 Å². The van der Waals surface area contributed by atoms with Gasteiger partial charge in [-0.25, -0.2) is 0 Å². The molecule has 0 aromatic rings. The zero-order chi connectivity index (χ0) is 15.5. The molecule has 2 N–H and O–H groups in total. The maximum Gasteiger partial charge on any atom is 0.238 e. The van der Waals surface area contributed by atoms with Crippen molar-refractivity contribution in [2.75, 3.05) is 13.1 Å². The molecule has 0 aromatic heterocycles. The van der Waals surface area contributed by atoms with Gasteiger partial charge in [-0.1, -0.05) is 26.2 Å². The zero-order valence-corrected chi connectivity index (χ0v) is 13.1. The smallest absolute Gasteiger partial charge is 0.238 e. The molecule has 2 fully saturated rings. The van der Waals surface area contributed by atoms with Crippen molar-refractivity contribution in [3.8, 4) is 6.07 Å². The third kappa shape index (κ3) is 3.75. The Morgan fingerprint density at radius 2 is 2.10 bits per heavy atom. The van der Waals surface area contributed by atoms with E-state index in [1.54, 1.807) is 0 Å². The van der Waals surface area contributed by atoms with Gasteiger partial charge in [0, 0.05) is 6.54 Å². The summed E-state index contributed by atoms with van der Waals surface area (Å²) in [6.07, 6.45) is 5.19. The molecule has 0 radical (unpaired) electrons. The van der Waals surface area contributed by atoms with Gasteiger partial charge in [-0.2, -0.15) is 5.26 Å². The Morgan fingerprint density at radius 1 is 1.43 bits per heavy atom. The van der Waals surface area contributed by atoms with Crippen molar-refractivity contribution < 1.29 is 9.90 Å². The standard InChI is InChI=1S/C16H27N3O2/c1-12-6-9-19(10-14(12)20)13(2)15(21)18-16(11-17)7-4-3-5-8-16/h12-14,20H,3-10H2,1-2H3,(H,18,21). The Labute approximate surface area is 127 Å². The number of carbonyl (C=O) groups excluding carboxylic acids is 1. The van der Waals surface area contributed by atoms with Crippen LogP contribution in [0.5, 0.6) is 0 Å². The number of nitriles is 1. The summed E-state index contributed by atoms with van der Waals surface area (Å²) in [5.74, 6) is 0.209. The molecule has 21 heavy (non-hydrogen) atoms. The first-order chi connectivity index (χ1) is 9.97. The van der Waals surface area contributed by atoms with Gasteiger partial charge < -0.3 is 10.4 Å². The van der Waals surface area contributed by atoms with E-state index in [1.165, 1.54) is 0 Å². The lowest BCUT2D eigenvalue weighted by Crippen LogP contribution is -2.57. The van der Waals surface area contributed by atoms with Crippen LogP contribution in [0.3, 0.4) is 0 Å². The number of rotatable bonds is 3. The van der Waals surface area contributed by atoms with E-state index in [0.717, 1.165) is 45.1 Å². The first-order valence-electron chi connectivity index (χ1n) is 8.13. The van der Waals surface area contributed by atoms with Gasteiger partial charge in [0.25, 0.3) is 0 Å². The van der Waals surface area contributed by atoms with Gasteiger partial charge in [0.15, 0.2) is 0 Å². The van der Waals surface area contributed by atoms with E-state index in [-0.39, 0.29) is 18.1 Å². The molecule has 1 heterocycles. The molecule has 0 bridgehead atoms. The Bertz CT molecular complexity index is 412. The van der Waals surface area contributed by atoms with Crippen LogP contribution in [0.1, 0.15) is 52.4 Å². The Kier molecular flexibility index (Phi) is 5.23. The van der Waals surface area contributed by atoms with E-state index in [4.69, 9.17) is 0 Å². The van der Waals surface area contributed by atoms with E-state index in [0.29, 0.717) is 12.5 Å². The number of piperidine rings is 1. The molecule has 1 saturated carbocycles. The van der Waals surface area contributed by atoms with Crippen molar-refractivity contribution in [3.05, 3.63) is 0 Å². The number of hydrogen-bond acceptors (Lipinski definition) is 4. The fourth-order valence-electron chi connectivity index (χ4n) is 3.35. The second-order valence-corrected chi connectivity index (χ2v) is 6.75. The van der Waals surface area contributed by atoms with Crippen LogP contribution >= 0.6 is 0 Å². The summed E-state index contributed by atoms with van der Waals surface area (Å²) in [7, 11) is 0. The Morgan fingerprint density at radius 3 is 2.67 bits per heavy atom. The molecule has 2 aliphatic rings. The molecule has 1 saturated heterocycles. The third-order valence-electron chi connectivity index (χ3n) is 5.16. The van der Waals surface area contributed by atoms with E-state index < -0.39 is 5.54 Å². The van der Waals surface area contributed by atoms with Crippen LogP contribution < -0.4 is 5.32 Å². The second-order valence-electron chi connectivity index (χ2n) is 6.75. The van der Waals surface area contributed by atoms with Crippen LogP contribution in [0, 0.1) is 17.2 Å². The van der Waals surface area contributed by atoms with Gasteiger partial charge in [0.1, 0.15) is 5.54 Å². The van der Waals surface area contributed by atoms with Crippen molar-refractivity contribution in [2.24, 2.45) is 5.92 Å². The molecule has 5 heteroatoms. The molecular weight excluding hydrogens is 266 g/mol. The van der Waals surface area contributed by atoms with Crippen molar-refractivity contribution in [2.45, 2.75) is 70.1 Å². The predicted octanol–water partition coefficient (Wildman–Crippen LogP) is 1.42. The van der Waals surface area contributed by atoms with Crippen LogP contribution in [0.4, 0.5) is 0 Å². The van der Waals surface area contributed by atoms with E-state index in [1.807, 2.05) is 18.7 Å². The summed E-state index contributed by atoms with van der Waals surface area (Å²) in [5, 5.41) is 22.4. The average Bonchev–Trinajstić information content (AvgIpc) is 2.50. The molecule has 1 aliphatic heterocycles. The highest BCUT2D eigenvalue weighted by Gasteiger charge is 2.37. The lowest BCUT2D eigenvalue weighted by molar-refractivity contribution is -0.129. The van der Waals surface area contributed by atoms with Crippen LogP contribution in [0.2, 0.25) is 0 Å². The predicted molar refractivity (Wildman–Crippen MR) is 80.4 cm³/mol. The molecular formula is C16H27N3O2. The topological polar surface area (TPSA) is 76.4 Å². The minimum Gasteiger partial charge on any atom is -0.392 e. The Hall–Kier alpha value is -1.12. The molecule has 1 aliphatic carbocycles. The highest BCUT2D eigenvalue weighted by atomic mass is 16.3. The number of hydrogen-bond donors (Lipinski definition) is 2. The highest BCUT2D eigenvalue weighted by Crippen LogP contribution is 2.28. The third-order valence-corrected chi connectivity index (χ3v) is 5.16. The number of β-amino-alcohol motifs (C(OH)–C–C–N with tert-alkyl or cyclic N) is 1. The number of nitrogens with one attached hydrogen (secondary N) is 1. The normalized spacial score (nSPS) is 31.1. The van der Waals surface area contributed by atoms with Gasteiger partial charge in [0.05, 0.1) is 18.2 Å². The molecule has 2 rings (SSSR count). The van der Waals surface area contributed by atoms with E-state index in [9.17, 15) is 15.2 Å². The first kappa shape index (κ1) is 16.3. The maximum absolute atomic E-state index is 12.5. The zero-order valence-electron chi connectivity index (χ0n) is 13.1. The van der Waals surface area contributed by atoms with Crippen molar-refractivity contribution in [1.82, 2.24) is 10.2 Å². The molecule has 0 aromatic carbocycles. The quantitative estimate of drug-likeness (QED) is 0.825. The molecule has 5 nitrogen and oxygen atoms in total. The fourth-order valence-corrected chi connectivity index (χ4v) is 3.35. The van der Waals surface area contributed by atoms with E-state index in [2.05, 4.69) is 11.4 Å². The number of aliphatic hydroxyl groups is 1. The number of carbonyl (C=O) groups is 1. The van der Waals surface area contributed by atoms with Gasteiger partial charge in [-0.05, 0) is 38.6 Å². The van der Waals surface area contributed by atoms with Crippen LogP contribution in [0.15, 0.2) is 0 Å². The minimum absolute atomic E-state index is 0.0831. The summed E-state index contributed by atoms with van der Waals surface area (Å²) < 4.78 is 0. The first-order valence-corrected chi connectivity index (χ1v) is 8.13. The van der Waals surface area contributed by atoms with Crippen molar-refractivity contribution in [3.63, 3.8) is 0 Å². The fraction of sp³-hybridized carbons (Fsp3) is 0.875. The van der Waals surface area contributed by atoms with Gasteiger partial charge in [-0.15, -0.1) is 0 Å². The SMILES string of the molecule is CC1CCN(C(C)C(=O)NC2(C#N)CCCCC2)CC1O. The summed E-state index contributed by atoms with van der Waals surface area (Å²) in [4.78, 5) is 14.5. The number of amides is 1.